The number of nitrogens with zero attached hydrogens (tertiary/aromatic N) is 1. The Bertz CT molecular complexity index is 589. The van der Waals surface area contributed by atoms with E-state index >= 15 is 0 Å². The molecule has 1 saturated heterocycles. The van der Waals surface area contributed by atoms with Crippen molar-refractivity contribution in [3.05, 3.63) is 42.0 Å². The third-order valence-electron chi connectivity index (χ3n) is 4.83. The van der Waals surface area contributed by atoms with Crippen molar-refractivity contribution in [2.45, 2.75) is 13.3 Å². The molecule has 0 spiro atoms. The average molecular weight is 253 g/mol. The van der Waals surface area contributed by atoms with Crippen LogP contribution < -0.4 is 4.90 Å². The second-order valence-electron chi connectivity index (χ2n) is 5.80. The first-order chi connectivity index (χ1) is 9.18. The lowest BCUT2D eigenvalue weighted by molar-refractivity contribution is -0.123. The van der Waals surface area contributed by atoms with E-state index in [0.717, 1.165) is 17.7 Å². The van der Waals surface area contributed by atoms with E-state index < -0.39 is 0 Å². The van der Waals surface area contributed by atoms with Crippen LogP contribution in [0.25, 0.3) is 0 Å². The molecule has 0 radical (unpaired) electrons. The van der Waals surface area contributed by atoms with Gasteiger partial charge in [0.25, 0.3) is 0 Å². The molecule has 3 nitrogen and oxygen atoms in total. The van der Waals surface area contributed by atoms with E-state index in [1.54, 1.807) is 0 Å². The van der Waals surface area contributed by atoms with Crippen molar-refractivity contribution in [1.29, 1.82) is 0 Å². The van der Waals surface area contributed by atoms with Crippen LogP contribution in [0.15, 0.2) is 36.4 Å². The number of carbonyl (C=O) groups excluding carboxylic acids is 2. The minimum atomic E-state index is -0.109. The third kappa shape index (κ3) is 1.28. The lowest BCUT2D eigenvalue weighted by atomic mass is 9.85. The summed E-state index contributed by atoms with van der Waals surface area (Å²) in [7, 11) is 0. The highest BCUT2D eigenvalue weighted by Gasteiger charge is 2.59. The fourth-order valence-electron chi connectivity index (χ4n) is 3.95. The Kier molecular flexibility index (Phi) is 2.06. The molecule has 1 aromatic carbocycles. The Morgan fingerprint density at radius 2 is 1.58 bits per heavy atom. The summed E-state index contributed by atoms with van der Waals surface area (Å²) in [4.78, 5) is 26.6. The van der Waals surface area contributed by atoms with E-state index in [1.165, 1.54) is 4.90 Å². The second kappa shape index (κ2) is 3.56. The highest BCUT2D eigenvalue weighted by atomic mass is 16.2. The largest absolute Gasteiger partial charge is 0.274 e. The highest BCUT2D eigenvalue weighted by Crippen LogP contribution is 2.53. The monoisotopic (exact) mass is 253 g/mol. The number of para-hydroxylation sites is 1. The van der Waals surface area contributed by atoms with Gasteiger partial charge in [0.15, 0.2) is 0 Å². The molecule has 2 aliphatic carbocycles. The molecule has 4 rings (SSSR count). The van der Waals surface area contributed by atoms with Crippen LogP contribution in [0.1, 0.15) is 12.0 Å². The number of allylic oxidation sites excluding steroid dienone is 2. The van der Waals surface area contributed by atoms with Crippen LogP contribution in [0.5, 0.6) is 0 Å². The summed E-state index contributed by atoms with van der Waals surface area (Å²) in [6.45, 7) is 1.94. The van der Waals surface area contributed by atoms with E-state index in [4.69, 9.17) is 0 Å². The molecule has 1 heterocycles. The van der Waals surface area contributed by atoms with Crippen LogP contribution in [0.3, 0.4) is 0 Å². The Hall–Kier alpha value is -1.90. The van der Waals surface area contributed by atoms with Crippen molar-refractivity contribution in [3.8, 4) is 0 Å². The topological polar surface area (TPSA) is 37.4 Å². The lowest BCUT2D eigenvalue weighted by Crippen LogP contribution is -2.33. The summed E-state index contributed by atoms with van der Waals surface area (Å²) in [6, 6.07) is 7.61. The molecule has 1 aromatic rings. The highest BCUT2D eigenvalue weighted by molar-refractivity contribution is 6.23. The van der Waals surface area contributed by atoms with E-state index in [0.29, 0.717) is 0 Å². The second-order valence-corrected chi connectivity index (χ2v) is 5.80. The normalized spacial score (nSPS) is 35.3. The summed E-state index contributed by atoms with van der Waals surface area (Å²) in [6.07, 6.45) is 5.23. The van der Waals surface area contributed by atoms with Crippen molar-refractivity contribution in [2.24, 2.45) is 23.7 Å². The predicted molar refractivity (Wildman–Crippen MR) is 71.4 cm³/mol. The number of rotatable bonds is 1. The maximum atomic E-state index is 12.6. The van der Waals surface area contributed by atoms with Crippen molar-refractivity contribution in [3.63, 3.8) is 0 Å². The molecule has 0 N–H and O–H groups in total. The van der Waals surface area contributed by atoms with Gasteiger partial charge in [0, 0.05) is 0 Å². The zero-order valence-corrected chi connectivity index (χ0v) is 10.7. The fraction of sp³-hybridized carbons (Fsp3) is 0.375. The molecule has 4 atom stereocenters. The van der Waals surface area contributed by atoms with Crippen molar-refractivity contribution < 1.29 is 9.59 Å². The summed E-state index contributed by atoms with van der Waals surface area (Å²) < 4.78 is 0. The first kappa shape index (κ1) is 11.0. The zero-order chi connectivity index (χ0) is 13.1. The summed E-state index contributed by atoms with van der Waals surface area (Å²) >= 11 is 0. The van der Waals surface area contributed by atoms with Crippen molar-refractivity contribution in [2.75, 3.05) is 4.90 Å². The molecule has 1 aliphatic heterocycles. The van der Waals surface area contributed by atoms with Gasteiger partial charge in [-0.2, -0.15) is 0 Å². The molecule has 19 heavy (non-hydrogen) atoms. The summed E-state index contributed by atoms with van der Waals surface area (Å²) in [5.74, 6) is 0.340. The summed E-state index contributed by atoms with van der Waals surface area (Å²) in [5, 5.41) is 0. The van der Waals surface area contributed by atoms with Gasteiger partial charge in [-0.1, -0.05) is 30.4 Å². The van der Waals surface area contributed by atoms with E-state index in [-0.39, 0.29) is 35.5 Å². The number of hydrogen-bond donors (Lipinski definition) is 0. The minimum absolute atomic E-state index is 0.00106. The molecule has 2 amide bonds. The number of aryl methyl sites for hydroxylation is 1. The maximum absolute atomic E-state index is 12.6. The Morgan fingerprint density at radius 3 is 2.16 bits per heavy atom. The number of fused-ring (bicyclic) bond motifs is 5. The molecular weight excluding hydrogens is 238 g/mol. The molecule has 0 aromatic heterocycles. The number of amides is 2. The molecule has 2 bridgehead atoms. The van der Waals surface area contributed by atoms with Gasteiger partial charge in [-0.25, -0.2) is 4.90 Å². The van der Waals surface area contributed by atoms with Gasteiger partial charge in [0.05, 0.1) is 17.5 Å². The fourth-order valence-corrected chi connectivity index (χ4v) is 3.95. The SMILES string of the molecule is Cc1ccccc1N1C(=O)[C@@H]2[C@H](C1=O)[C@H]1C=C[C@@H]2C1. The Labute approximate surface area is 111 Å². The molecule has 96 valence electrons. The predicted octanol–water partition coefficient (Wildman–Crippen LogP) is 2.31. The molecule has 3 aliphatic rings. The van der Waals surface area contributed by atoms with E-state index in [1.807, 2.05) is 31.2 Å². The third-order valence-corrected chi connectivity index (χ3v) is 4.83. The van der Waals surface area contributed by atoms with Crippen LogP contribution >= 0.6 is 0 Å². The van der Waals surface area contributed by atoms with Crippen LogP contribution in [-0.2, 0) is 9.59 Å². The quantitative estimate of drug-likeness (QED) is 0.569. The number of benzene rings is 1. The number of hydrogen-bond acceptors (Lipinski definition) is 2. The Balaban J connectivity index is 1.79. The maximum Gasteiger partial charge on any atom is 0.238 e. The van der Waals surface area contributed by atoms with Gasteiger partial charge < -0.3 is 0 Å². The van der Waals surface area contributed by atoms with Crippen molar-refractivity contribution >= 4 is 17.5 Å². The zero-order valence-electron chi connectivity index (χ0n) is 10.7. The number of carbonyl (C=O) groups is 2. The van der Waals surface area contributed by atoms with E-state index in [2.05, 4.69) is 12.2 Å². The van der Waals surface area contributed by atoms with Crippen LogP contribution in [-0.4, -0.2) is 11.8 Å². The van der Waals surface area contributed by atoms with Crippen molar-refractivity contribution in [1.82, 2.24) is 0 Å². The van der Waals surface area contributed by atoms with Gasteiger partial charge in [-0.05, 0) is 36.8 Å². The van der Waals surface area contributed by atoms with Gasteiger partial charge >= 0.3 is 0 Å². The molecule has 1 saturated carbocycles. The van der Waals surface area contributed by atoms with Gasteiger partial charge in [-0.15, -0.1) is 0 Å². The van der Waals surface area contributed by atoms with Gasteiger partial charge in [-0.3, -0.25) is 9.59 Å². The van der Waals surface area contributed by atoms with Crippen LogP contribution in [0, 0.1) is 30.6 Å². The lowest BCUT2D eigenvalue weighted by Gasteiger charge is -2.19. The molecule has 0 unspecified atom stereocenters. The number of anilines is 1. The number of imide groups is 1. The molecule has 2 fully saturated rings. The minimum Gasteiger partial charge on any atom is -0.274 e. The first-order valence-corrected chi connectivity index (χ1v) is 6.80. The Morgan fingerprint density at radius 1 is 1.00 bits per heavy atom. The first-order valence-electron chi connectivity index (χ1n) is 6.80. The van der Waals surface area contributed by atoms with Crippen LogP contribution in [0.4, 0.5) is 5.69 Å². The smallest absolute Gasteiger partial charge is 0.238 e. The van der Waals surface area contributed by atoms with E-state index in [9.17, 15) is 9.59 Å². The van der Waals surface area contributed by atoms with Gasteiger partial charge in [0.1, 0.15) is 0 Å². The molecule has 3 heteroatoms. The summed E-state index contributed by atoms with van der Waals surface area (Å²) in [5.41, 5.74) is 1.73. The van der Waals surface area contributed by atoms with Gasteiger partial charge in [0.2, 0.25) is 11.8 Å². The standard InChI is InChI=1S/C16H15NO2/c1-9-4-2-3-5-12(9)17-15(18)13-10-6-7-11(8-10)14(13)16(17)19/h2-7,10-11,13-14H,8H2,1H3/t10-,11+,13+,14-. The average Bonchev–Trinajstić information content (AvgIpc) is 3.06. The molecular formula is C16H15NO2. The van der Waals surface area contributed by atoms with Crippen LogP contribution in [0.2, 0.25) is 0 Å².